The van der Waals surface area contributed by atoms with Gasteiger partial charge in [-0.1, -0.05) is 12.1 Å². The molecular formula is C12H16N2O5. The van der Waals surface area contributed by atoms with E-state index in [1.54, 1.807) is 31.4 Å². The molecule has 0 aliphatic heterocycles. The van der Waals surface area contributed by atoms with Gasteiger partial charge in [-0.05, 0) is 17.7 Å². The van der Waals surface area contributed by atoms with Crippen LogP contribution in [0.3, 0.4) is 0 Å². The van der Waals surface area contributed by atoms with Gasteiger partial charge in [0.05, 0.1) is 13.7 Å². The van der Waals surface area contributed by atoms with Crippen molar-refractivity contribution in [3.63, 3.8) is 0 Å². The molecule has 7 nitrogen and oxygen atoms in total. The van der Waals surface area contributed by atoms with Crippen molar-refractivity contribution < 1.29 is 24.5 Å². The molecule has 4 N–H and O–H groups in total. The zero-order chi connectivity index (χ0) is 14.3. The number of methoxy groups -OCH3 is 1. The first kappa shape index (κ1) is 14.8. The second-order valence-electron chi connectivity index (χ2n) is 3.75. The Labute approximate surface area is 110 Å². The molecule has 7 heteroatoms. The quantitative estimate of drug-likeness (QED) is 0.578. The van der Waals surface area contributed by atoms with Gasteiger partial charge >= 0.3 is 12.0 Å². The standard InChI is InChI=1S/C12H16N2O5/c1-19-9-4-2-8(3-5-9)6-13-12(18)14-10(7-15)11(16)17/h2-5,10,15H,6-7H2,1H3,(H,16,17)(H2,13,14,18)/t10-/m0/s1. The molecule has 0 heterocycles. The number of aliphatic hydroxyl groups is 1. The van der Waals surface area contributed by atoms with Crippen LogP contribution < -0.4 is 15.4 Å². The van der Waals surface area contributed by atoms with E-state index in [-0.39, 0.29) is 6.54 Å². The van der Waals surface area contributed by atoms with Crippen molar-refractivity contribution in [2.24, 2.45) is 0 Å². The highest BCUT2D eigenvalue weighted by molar-refractivity contribution is 5.82. The molecule has 1 aromatic rings. The lowest BCUT2D eigenvalue weighted by atomic mass is 10.2. The first-order valence-corrected chi connectivity index (χ1v) is 5.57. The number of ether oxygens (including phenoxy) is 1. The van der Waals surface area contributed by atoms with E-state index >= 15 is 0 Å². The topological polar surface area (TPSA) is 108 Å². The molecule has 1 aromatic carbocycles. The van der Waals surface area contributed by atoms with Gasteiger partial charge in [0, 0.05) is 6.54 Å². The molecule has 1 atom stereocenters. The fourth-order valence-electron chi connectivity index (χ4n) is 1.32. The van der Waals surface area contributed by atoms with E-state index in [4.69, 9.17) is 14.9 Å². The summed E-state index contributed by atoms with van der Waals surface area (Å²) in [6.07, 6.45) is 0. The lowest BCUT2D eigenvalue weighted by molar-refractivity contribution is -0.140. The second kappa shape index (κ2) is 7.22. The zero-order valence-electron chi connectivity index (χ0n) is 10.4. The van der Waals surface area contributed by atoms with Crippen LogP contribution in [0.1, 0.15) is 5.56 Å². The van der Waals surface area contributed by atoms with E-state index in [1.807, 2.05) is 0 Å². The van der Waals surface area contributed by atoms with Crippen LogP contribution in [0.2, 0.25) is 0 Å². The number of amides is 2. The Bertz CT molecular complexity index is 432. The summed E-state index contributed by atoms with van der Waals surface area (Å²) in [5.41, 5.74) is 0.840. The van der Waals surface area contributed by atoms with Gasteiger partial charge in [0.25, 0.3) is 0 Å². The Balaban J connectivity index is 2.42. The number of rotatable bonds is 6. The molecule has 2 amide bonds. The van der Waals surface area contributed by atoms with Crippen LogP contribution >= 0.6 is 0 Å². The van der Waals surface area contributed by atoms with E-state index in [2.05, 4.69) is 10.6 Å². The highest BCUT2D eigenvalue weighted by Crippen LogP contribution is 2.10. The van der Waals surface area contributed by atoms with Crippen LogP contribution in [0.4, 0.5) is 4.79 Å². The molecule has 0 aliphatic carbocycles. The van der Waals surface area contributed by atoms with Gasteiger partial charge in [0.2, 0.25) is 0 Å². The number of carboxylic acid groups (broad SMARTS) is 1. The van der Waals surface area contributed by atoms with Crippen LogP contribution in [0.15, 0.2) is 24.3 Å². The lowest BCUT2D eigenvalue weighted by Gasteiger charge is -2.12. The summed E-state index contributed by atoms with van der Waals surface area (Å²) in [7, 11) is 1.56. The maximum atomic E-state index is 11.4. The van der Waals surface area contributed by atoms with Gasteiger partial charge in [-0.15, -0.1) is 0 Å². The summed E-state index contributed by atoms with van der Waals surface area (Å²) >= 11 is 0. The largest absolute Gasteiger partial charge is 0.497 e. The molecule has 0 unspecified atom stereocenters. The third-order valence-electron chi connectivity index (χ3n) is 2.40. The molecule has 19 heavy (non-hydrogen) atoms. The molecule has 0 saturated heterocycles. The number of hydrogen-bond acceptors (Lipinski definition) is 4. The molecule has 1 rings (SSSR count). The lowest BCUT2D eigenvalue weighted by Crippen LogP contribution is -2.47. The number of nitrogens with one attached hydrogen (secondary N) is 2. The third-order valence-corrected chi connectivity index (χ3v) is 2.40. The third kappa shape index (κ3) is 4.84. The number of hydrogen-bond donors (Lipinski definition) is 4. The summed E-state index contributed by atoms with van der Waals surface area (Å²) in [4.78, 5) is 22.0. The summed E-state index contributed by atoms with van der Waals surface area (Å²) in [6.45, 7) is -0.418. The zero-order valence-corrected chi connectivity index (χ0v) is 10.4. The molecule has 104 valence electrons. The number of benzene rings is 1. The van der Waals surface area contributed by atoms with Crippen molar-refractivity contribution in [1.29, 1.82) is 0 Å². The monoisotopic (exact) mass is 268 g/mol. The van der Waals surface area contributed by atoms with Crippen molar-refractivity contribution in [2.75, 3.05) is 13.7 Å². The molecule has 0 saturated carbocycles. The number of aliphatic carboxylic acids is 1. The minimum Gasteiger partial charge on any atom is -0.497 e. The van der Waals surface area contributed by atoms with Crippen molar-refractivity contribution in [1.82, 2.24) is 10.6 Å². The maximum Gasteiger partial charge on any atom is 0.328 e. The van der Waals surface area contributed by atoms with E-state index in [0.717, 1.165) is 5.56 Å². The fraction of sp³-hybridized carbons (Fsp3) is 0.333. The first-order valence-electron chi connectivity index (χ1n) is 5.57. The number of carboxylic acids is 1. The average Bonchev–Trinajstić information content (AvgIpc) is 2.42. The number of aliphatic hydroxyl groups excluding tert-OH is 1. The Hall–Kier alpha value is -2.28. The van der Waals surface area contributed by atoms with Gasteiger partial charge < -0.3 is 25.6 Å². The summed E-state index contributed by atoms with van der Waals surface area (Å²) in [5.74, 6) is -0.582. The maximum absolute atomic E-state index is 11.4. The molecule has 0 aliphatic rings. The minimum absolute atomic E-state index is 0.244. The van der Waals surface area contributed by atoms with Gasteiger partial charge in [-0.2, -0.15) is 0 Å². The average molecular weight is 268 g/mol. The minimum atomic E-state index is -1.31. The molecule has 0 bridgehead atoms. The predicted molar refractivity (Wildman–Crippen MR) is 66.9 cm³/mol. The van der Waals surface area contributed by atoms with E-state index < -0.39 is 24.6 Å². The molecule has 0 spiro atoms. The van der Waals surface area contributed by atoms with Crippen LogP contribution in [-0.2, 0) is 11.3 Å². The van der Waals surface area contributed by atoms with Crippen LogP contribution in [0.5, 0.6) is 5.75 Å². The SMILES string of the molecule is COc1ccc(CNC(=O)N[C@@H](CO)C(=O)O)cc1. The summed E-state index contributed by atoms with van der Waals surface area (Å²) in [5, 5.41) is 22.0. The number of carbonyl (C=O) groups excluding carboxylic acids is 1. The van der Waals surface area contributed by atoms with Crippen LogP contribution in [0, 0.1) is 0 Å². The Kier molecular flexibility index (Phi) is 5.62. The molecule has 0 aromatic heterocycles. The molecular weight excluding hydrogens is 252 g/mol. The molecule has 0 fully saturated rings. The summed E-state index contributed by atoms with van der Waals surface area (Å²) < 4.78 is 5.00. The summed E-state index contributed by atoms with van der Waals surface area (Å²) in [6, 6.07) is 5.10. The van der Waals surface area contributed by atoms with Gasteiger partial charge in [-0.25, -0.2) is 9.59 Å². The second-order valence-corrected chi connectivity index (χ2v) is 3.75. The van der Waals surface area contributed by atoms with Crippen molar-refractivity contribution in [3.8, 4) is 5.75 Å². The van der Waals surface area contributed by atoms with Gasteiger partial charge in [0.1, 0.15) is 5.75 Å². The molecule has 0 radical (unpaired) electrons. The highest BCUT2D eigenvalue weighted by atomic mass is 16.5. The van der Waals surface area contributed by atoms with E-state index in [1.165, 1.54) is 0 Å². The number of carbonyl (C=O) groups is 2. The fourth-order valence-corrected chi connectivity index (χ4v) is 1.32. The van der Waals surface area contributed by atoms with Crippen molar-refractivity contribution in [3.05, 3.63) is 29.8 Å². The Morgan fingerprint density at radius 1 is 1.32 bits per heavy atom. The highest BCUT2D eigenvalue weighted by Gasteiger charge is 2.18. The predicted octanol–water partition coefficient (Wildman–Crippen LogP) is -0.0601. The smallest absolute Gasteiger partial charge is 0.328 e. The Morgan fingerprint density at radius 2 is 1.95 bits per heavy atom. The van der Waals surface area contributed by atoms with Crippen molar-refractivity contribution >= 4 is 12.0 Å². The van der Waals surface area contributed by atoms with E-state index in [9.17, 15) is 9.59 Å². The van der Waals surface area contributed by atoms with Gasteiger partial charge in [-0.3, -0.25) is 0 Å². The van der Waals surface area contributed by atoms with Crippen molar-refractivity contribution in [2.45, 2.75) is 12.6 Å². The van der Waals surface area contributed by atoms with Crippen LogP contribution in [0.25, 0.3) is 0 Å². The normalized spacial score (nSPS) is 11.5. The number of urea groups is 1. The van der Waals surface area contributed by atoms with Gasteiger partial charge in [0.15, 0.2) is 6.04 Å². The van der Waals surface area contributed by atoms with Crippen LogP contribution in [-0.4, -0.2) is 42.0 Å². The van der Waals surface area contributed by atoms with E-state index in [0.29, 0.717) is 5.75 Å². The first-order chi connectivity index (χ1) is 9.06. The Morgan fingerprint density at radius 3 is 2.42 bits per heavy atom.